The van der Waals surface area contributed by atoms with Crippen LogP contribution in [0.5, 0.6) is 0 Å². The molecule has 3 heterocycles. The molecule has 2 amide bonds. The molecule has 7 rings (SSSR count). The summed E-state index contributed by atoms with van der Waals surface area (Å²) in [6.07, 6.45) is -3.04. The van der Waals surface area contributed by atoms with Gasteiger partial charge in [-0.1, -0.05) is 88.4 Å². The van der Waals surface area contributed by atoms with Gasteiger partial charge in [0.05, 0.1) is 36.1 Å². The van der Waals surface area contributed by atoms with Crippen LogP contribution in [0.4, 0.5) is 8.78 Å². The van der Waals surface area contributed by atoms with E-state index in [4.69, 9.17) is 9.72 Å². The van der Waals surface area contributed by atoms with Crippen molar-refractivity contribution in [1.82, 2.24) is 29.7 Å². The number of nitrogens with one attached hydrogen (secondary N) is 2. The third-order valence-electron chi connectivity index (χ3n) is 11.9. The van der Waals surface area contributed by atoms with Crippen molar-refractivity contribution < 1.29 is 118 Å². The molecule has 1 fully saturated rings. The van der Waals surface area contributed by atoms with Gasteiger partial charge >= 0.3 is 65.1 Å². The maximum Gasteiger partial charge on any atom is 1.00 e. The summed E-state index contributed by atoms with van der Waals surface area (Å²) in [5, 5.41) is 46.8. The first kappa shape index (κ1) is 63.2. The molecule has 74 heavy (non-hydrogen) atoms. The molecule has 1 aliphatic heterocycles. The normalized spacial score (nSPS) is 14.8. The van der Waals surface area contributed by atoms with Crippen LogP contribution < -0.4 is 74.9 Å². The van der Waals surface area contributed by atoms with Gasteiger partial charge < -0.3 is 55.2 Å². The smallest absolute Gasteiger partial charge is 0.870 e. The first-order valence-electron chi connectivity index (χ1n) is 23.8. The fourth-order valence-electron chi connectivity index (χ4n) is 8.55. The Kier molecular flexibility index (Phi) is 26.0. The van der Waals surface area contributed by atoms with Crippen LogP contribution in [0.1, 0.15) is 122 Å². The predicted molar refractivity (Wildman–Crippen MR) is 261 cm³/mol. The van der Waals surface area contributed by atoms with Gasteiger partial charge in [-0.15, -0.1) is 0 Å². The zero-order valence-electron chi connectivity index (χ0n) is 42.7. The van der Waals surface area contributed by atoms with Crippen molar-refractivity contribution in [3.8, 4) is 22.8 Å². The van der Waals surface area contributed by atoms with Crippen LogP contribution in [0, 0.1) is 11.6 Å². The number of aliphatic hydroxyl groups is 3. The Morgan fingerprint density at radius 1 is 0.703 bits per heavy atom. The number of imidazole rings is 2. The largest absolute Gasteiger partial charge is 1.00 e. The van der Waals surface area contributed by atoms with Crippen LogP contribution in [0.25, 0.3) is 22.8 Å². The summed E-state index contributed by atoms with van der Waals surface area (Å²) in [5.74, 6) is -2.36. The van der Waals surface area contributed by atoms with Crippen LogP contribution in [0.3, 0.4) is 0 Å². The molecule has 0 saturated carbocycles. The second kappa shape index (κ2) is 30.4. The third-order valence-corrected chi connectivity index (χ3v) is 11.9. The van der Waals surface area contributed by atoms with E-state index >= 15 is 0 Å². The standard InChI is InChI=1S/C27H32FN3O5.C27H30FN3O4.2Na.H2O/c1-17(2)25-24(27(36)29-16-18-6-4-3-5-7-18)30-26(19-8-10-20(28)11-9-19)31(25)13-12-21(32)14-22(33)15-23(34)35;1-17(2)25-24(27(34)29-16-18-6-4-3-5-7-18)30-26(19-8-10-20(28)11-9-19)31(25)13-12-22-14-21(32)15-23(33)35-22;;;/h3-11,17,21-22,32-33H,12-16H2,1-2H3,(H,29,36)(H,34,35);3-11,17,21-22,32H,12-16H2,1-2H3,(H,29,34);;;1H2/q;;2*+1;/p-2/t2*21-,22-;;;/m11.../s1. The Morgan fingerprint density at radius 2 is 1.14 bits per heavy atom. The van der Waals surface area contributed by atoms with E-state index in [0.29, 0.717) is 66.6 Å². The van der Waals surface area contributed by atoms with Gasteiger partial charge in [-0.25, -0.2) is 18.7 Å². The fraction of sp³-hybridized carbons (Fsp3) is 0.370. The van der Waals surface area contributed by atoms with Gasteiger partial charge in [0.2, 0.25) is 0 Å². The van der Waals surface area contributed by atoms with Crippen LogP contribution in [-0.2, 0) is 40.5 Å². The molecule has 20 heteroatoms. The number of carbonyl (C=O) groups is 4. The quantitative estimate of drug-likeness (QED) is 0.0516. The minimum Gasteiger partial charge on any atom is -0.870 e. The Morgan fingerprint density at radius 3 is 1.54 bits per heavy atom. The number of hydrogen-bond acceptors (Lipinski definition) is 12. The minimum atomic E-state index is -1.39. The fourth-order valence-corrected chi connectivity index (χ4v) is 8.55. The van der Waals surface area contributed by atoms with E-state index in [2.05, 4.69) is 15.6 Å². The van der Waals surface area contributed by atoms with E-state index in [1.165, 1.54) is 24.3 Å². The van der Waals surface area contributed by atoms with Crippen LogP contribution >= 0.6 is 0 Å². The van der Waals surface area contributed by atoms with E-state index in [9.17, 15) is 48.4 Å². The summed E-state index contributed by atoms with van der Waals surface area (Å²) < 4.78 is 36.4. The first-order valence-corrected chi connectivity index (χ1v) is 23.8. The molecule has 6 N–H and O–H groups in total. The van der Waals surface area contributed by atoms with Gasteiger partial charge in [-0.2, -0.15) is 0 Å². The summed E-state index contributed by atoms with van der Waals surface area (Å²) in [6.45, 7) is 9.19. The number of carboxylic acids is 1. The van der Waals surface area contributed by atoms with E-state index in [1.807, 2.05) is 97.5 Å². The number of hydrogen-bond donors (Lipinski definition) is 5. The number of rotatable bonds is 20. The van der Waals surface area contributed by atoms with Crippen LogP contribution in [-0.4, -0.2) is 88.1 Å². The van der Waals surface area contributed by atoms with E-state index in [1.54, 1.807) is 24.3 Å². The second-order valence-corrected chi connectivity index (χ2v) is 18.2. The van der Waals surface area contributed by atoms with Crippen LogP contribution in [0.15, 0.2) is 109 Å². The molecule has 6 aromatic rings. The molecule has 2 aromatic heterocycles. The third kappa shape index (κ3) is 18.0. The molecule has 0 spiro atoms. The van der Waals surface area contributed by atoms with E-state index < -0.39 is 48.6 Å². The molecule has 16 nitrogen and oxygen atoms in total. The SMILES string of the molecule is CC(C)c1c(C(=O)NCc2ccccc2)nc(-c2ccc(F)cc2)n1CC[C@@H](O)C[C@@H](O)CC(=O)[O-].CC(C)c1c(C(=O)NCc2ccccc2)nc(-c2ccc(F)cc2)n1CC[C@@H]1C[C@@H](O)CC(=O)O1.[Na+].[Na+].[OH-]. The average molecular weight is 1040 g/mol. The van der Waals surface area contributed by atoms with Crippen molar-refractivity contribution in [2.45, 2.75) is 129 Å². The van der Waals surface area contributed by atoms with Crippen molar-refractivity contribution in [2.24, 2.45) is 0 Å². The zero-order valence-corrected chi connectivity index (χ0v) is 46.7. The Hall–Kier alpha value is -5.12. The second-order valence-electron chi connectivity index (χ2n) is 18.2. The Bertz CT molecular complexity index is 2730. The molecule has 1 saturated heterocycles. The van der Waals surface area contributed by atoms with Crippen molar-refractivity contribution in [2.75, 3.05) is 0 Å². The summed E-state index contributed by atoms with van der Waals surface area (Å²) in [5.41, 5.74) is 5.15. The van der Waals surface area contributed by atoms with Crippen molar-refractivity contribution in [3.63, 3.8) is 0 Å². The van der Waals surface area contributed by atoms with Gasteiger partial charge in [0.15, 0.2) is 0 Å². The molecule has 4 aromatic carbocycles. The molecule has 384 valence electrons. The number of benzene rings is 4. The number of esters is 1. The molecular weight excluding hydrogens is 977 g/mol. The predicted octanol–water partition coefficient (Wildman–Crippen LogP) is 0.415. The van der Waals surface area contributed by atoms with Gasteiger partial charge in [0.25, 0.3) is 11.8 Å². The monoisotopic (exact) mass is 1040 g/mol. The number of aliphatic hydroxyl groups excluding tert-OH is 3. The maximum atomic E-state index is 13.6. The summed E-state index contributed by atoms with van der Waals surface area (Å²) >= 11 is 0. The van der Waals surface area contributed by atoms with Crippen molar-refractivity contribution in [1.29, 1.82) is 0 Å². The number of carbonyl (C=O) groups excluding carboxylic acids is 4. The molecule has 1 aliphatic rings. The van der Waals surface area contributed by atoms with Gasteiger partial charge in [0.1, 0.15) is 40.8 Å². The van der Waals surface area contributed by atoms with Crippen LogP contribution in [0.2, 0.25) is 0 Å². The molecule has 0 bridgehead atoms. The molecule has 0 radical (unpaired) electrons. The van der Waals surface area contributed by atoms with E-state index in [0.717, 1.165) is 16.8 Å². The number of cyclic esters (lactones) is 1. The molecular formula is C54H62F2N6Na2O10. The zero-order chi connectivity index (χ0) is 51.2. The van der Waals surface area contributed by atoms with Gasteiger partial charge in [0, 0.05) is 62.5 Å². The van der Waals surface area contributed by atoms with Gasteiger partial charge in [-0.05, 0) is 84.3 Å². The molecule has 4 atom stereocenters. The van der Waals surface area contributed by atoms with Gasteiger partial charge in [-0.3, -0.25) is 14.4 Å². The average Bonchev–Trinajstić information content (AvgIpc) is 3.92. The number of nitrogens with zero attached hydrogens (tertiary/aromatic N) is 4. The topological polar surface area (TPSA) is 251 Å². The number of aromatic nitrogens is 4. The number of carboxylic acid groups (broad SMARTS) is 1. The van der Waals surface area contributed by atoms with Crippen molar-refractivity contribution in [3.05, 3.63) is 155 Å². The Balaban J connectivity index is 0.000000375. The van der Waals surface area contributed by atoms with Crippen molar-refractivity contribution >= 4 is 23.8 Å². The summed E-state index contributed by atoms with van der Waals surface area (Å²) in [7, 11) is 0. The number of aliphatic carboxylic acids is 1. The summed E-state index contributed by atoms with van der Waals surface area (Å²) in [6, 6.07) is 30.8. The maximum absolute atomic E-state index is 13.6. The number of amides is 2. The number of ether oxygens (including phenoxy) is 1. The van der Waals surface area contributed by atoms with E-state index in [-0.39, 0.29) is 126 Å². The number of halogens is 2. The Labute approximate surface area is 473 Å². The molecule has 0 aliphatic carbocycles. The minimum absolute atomic E-state index is 0. The first-order chi connectivity index (χ1) is 34.0. The summed E-state index contributed by atoms with van der Waals surface area (Å²) in [4.78, 5) is 58.2. The molecule has 0 unspecified atom stereocenters.